The van der Waals surface area contributed by atoms with Gasteiger partial charge in [0.1, 0.15) is 18.1 Å². The molecule has 0 radical (unpaired) electrons. The summed E-state index contributed by atoms with van der Waals surface area (Å²) in [4.78, 5) is 14.7. The van der Waals surface area contributed by atoms with E-state index in [-0.39, 0.29) is 18.5 Å². The van der Waals surface area contributed by atoms with Crippen LogP contribution in [0.2, 0.25) is 0 Å². The van der Waals surface area contributed by atoms with Crippen LogP contribution in [0.25, 0.3) is 11.1 Å². The van der Waals surface area contributed by atoms with Crippen LogP contribution in [0, 0.1) is 0 Å². The van der Waals surface area contributed by atoms with Gasteiger partial charge in [-0.3, -0.25) is 9.69 Å². The monoisotopic (exact) mass is 431 g/mol. The van der Waals surface area contributed by atoms with E-state index in [9.17, 15) is 13.2 Å². The third-order valence-corrected chi connectivity index (χ3v) is 6.74. The molecule has 2 aliphatic heterocycles. The Labute approximate surface area is 176 Å². The third-order valence-electron chi connectivity index (χ3n) is 5.47. The number of piperazine rings is 1. The number of benzene rings is 2. The topological polar surface area (TPSA) is 88.2 Å². The summed E-state index contributed by atoms with van der Waals surface area (Å²) in [6.07, 6.45) is 1.21. The molecule has 1 atom stereocenters. The standard InChI is InChI=1S/C21H25N3O5S/c1-28-18-5-3-4-15(10-18)16-6-7-20-19(11-16)22-21(25)13-23-8-9-24(30(2,26)27)12-17(23)14-29-20/h3-7,10-11,17H,8-9,12-14H2,1-2H3,(H,22,25)/t17-/m1/s1. The summed E-state index contributed by atoms with van der Waals surface area (Å²) in [6, 6.07) is 13.1. The van der Waals surface area contributed by atoms with Gasteiger partial charge in [-0.15, -0.1) is 0 Å². The second-order valence-electron chi connectivity index (χ2n) is 7.55. The highest BCUT2D eigenvalue weighted by Gasteiger charge is 2.33. The first-order chi connectivity index (χ1) is 14.3. The largest absolute Gasteiger partial charge is 0.497 e. The molecule has 2 aromatic carbocycles. The molecule has 8 nitrogen and oxygen atoms in total. The Morgan fingerprint density at radius 1 is 1.13 bits per heavy atom. The van der Waals surface area contributed by atoms with Gasteiger partial charge in [-0.25, -0.2) is 8.42 Å². The van der Waals surface area contributed by atoms with Crippen LogP contribution < -0.4 is 14.8 Å². The predicted molar refractivity (Wildman–Crippen MR) is 114 cm³/mol. The van der Waals surface area contributed by atoms with Gasteiger partial charge in [0.15, 0.2) is 0 Å². The molecular weight excluding hydrogens is 406 g/mol. The molecule has 4 rings (SSSR count). The Kier molecular flexibility index (Phi) is 5.68. The molecule has 0 aliphatic carbocycles. The molecule has 0 aromatic heterocycles. The smallest absolute Gasteiger partial charge is 0.238 e. The van der Waals surface area contributed by atoms with Crippen molar-refractivity contribution >= 4 is 21.6 Å². The van der Waals surface area contributed by atoms with E-state index in [1.165, 1.54) is 10.6 Å². The molecule has 1 saturated heterocycles. The lowest BCUT2D eigenvalue weighted by molar-refractivity contribution is -0.118. The molecule has 160 valence electrons. The summed E-state index contributed by atoms with van der Waals surface area (Å²) in [7, 11) is -1.66. The van der Waals surface area contributed by atoms with Crippen molar-refractivity contribution in [2.24, 2.45) is 0 Å². The maximum atomic E-state index is 12.7. The molecule has 0 bridgehead atoms. The van der Waals surface area contributed by atoms with Gasteiger partial charge in [0.2, 0.25) is 15.9 Å². The summed E-state index contributed by atoms with van der Waals surface area (Å²) in [6.45, 7) is 1.65. The van der Waals surface area contributed by atoms with Crippen molar-refractivity contribution in [3.8, 4) is 22.6 Å². The maximum absolute atomic E-state index is 12.7. The number of amides is 1. The van der Waals surface area contributed by atoms with Gasteiger partial charge in [0.05, 0.1) is 31.6 Å². The van der Waals surface area contributed by atoms with Gasteiger partial charge in [0.25, 0.3) is 0 Å². The fraction of sp³-hybridized carbons (Fsp3) is 0.381. The highest BCUT2D eigenvalue weighted by Crippen LogP contribution is 2.33. The number of methoxy groups -OCH3 is 1. The zero-order chi connectivity index (χ0) is 21.3. The van der Waals surface area contributed by atoms with Gasteiger partial charge >= 0.3 is 0 Å². The molecule has 2 aromatic rings. The Balaban J connectivity index is 1.60. The van der Waals surface area contributed by atoms with Crippen molar-refractivity contribution in [1.82, 2.24) is 9.21 Å². The summed E-state index contributed by atoms with van der Waals surface area (Å²) in [5, 5.41) is 2.95. The van der Waals surface area contributed by atoms with Crippen LogP contribution in [0.4, 0.5) is 5.69 Å². The van der Waals surface area contributed by atoms with Crippen LogP contribution in [-0.2, 0) is 14.8 Å². The van der Waals surface area contributed by atoms with E-state index >= 15 is 0 Å². The molecule has 0 unspecified atom stereocenters. The predicted octanol–water partition coefficient (Wildman–Crippen LogP) is 1.64. The molecule has 1 fully saturated rings. The number of carbonyl (C=O) groups excluding carboxylic acids is 1. The van der Waals surface area contributed by atoms with E-state index in [0.717, 1.165) is 16.9 Å². The minimum Gasteiger partial charge on any atom is -0.497 e. The van der Waals surface area contributed by atoms with Crippen LogP contribution in [0.15, 0.2) is 42.5 Å². The van der Waals surface area contributed by atoms with Crippen molar-refractivity contribution in [2.45, 2.75) is 6.04 Å². The molecule has 0 saturated carbocycles. The number of hydrogen-bond acceptors (Lipinski definition) is 6. The Morgan fingerprint density at radius 3 is 2.70 bits per heavy atom. The van der Waals surface area contributed by atoms with Gasteiger partial charge in [-0.2, -0.15) is 4.31 Å². The highest BCUT2D eigenvalue weighted by molar-refractivity contribution is 7.88. The van der Waals surface area contributed by atoms with Crippen LogP contribution in [-0.4, -0.2) is 75.7 Å². The van der Waals surface area contributed by atoms with E-state index in [2.05, 4.69) is 5.32 Å². The van der Waals surface area contributed by atoms with Crippen LogP contribution in [0.1, 0.15) is 0 Å². The fourth-order valence-corrected chi connectivity index (χ4v) is 4.68. The first kappa shape index (κ1) is 20.6. The minimum absolute atomic E-state index is 0.151. The molecule has 2 heterocycles. The lowest BCUT2D eigenvalue weighted by Crippen LogP contribution is -2.57. The SMILES string of the molecule is COc1cccc(-c2ccc3c(c2)NC(=O)CN2CCN(S(C)(=O)=O)C[C@@H]2CO3)c1. The number of nitrogens with one attached hydrogen (secondary N) is 1. The third kappa shape index (κ3) is 4.43. The Bertz CT molecular complexity index is 1060. The van der Waals surface area contributed by atoms with Gasteiger partial charge in [0, 0.05) is 19.6 Å². The number of rotatable bonds is 3. The van der Waals surface area contributed by atoms with Crippen LogP contribution >= 0.6 is 0 Å². The summed E-state index contributed by atoms with van der Waals surface area (Å²) >= 11 is 0. The van der Waals surface area contributed by atoms with Gasteiger partial charge < -0.3 is 14.8 Å². The number of hydrogen-bond donors (Lipinski definition) is 1. The number of ether oxygens (including phenoxy) is 2. The van der Waals surface area contributed by atoms with Crippen molar-refractivity contribution in [2.75, 3.05) is 51.5 Å². The van der Waals surface area contributed by atoms with Gasteiger partial charge in [-0.05, 0) is 35.4 Å². The van der Waals surface area contributed by atoms with Crippen molar-refractivity contribution in [3.63, 3.8) is 0 Å². The first-order valence-corrected chi connectivity index (χ1v) is 11.6. The normalized spacial score (nSPS) is 20.6. The van der Waals surface area contributed by atoms with Crippen LogP contribution in [0.5, 0.6) is 11.5 Å². The van der Waals surface area contributed by atoms with E-state index in [4.69, 9.17) is 9.47 Å². The number of carbonyl (C=O) groups is 1. The zero-order valence-corrected chi connectivity index (χ0v) is 17.8. The number of sulfonamides is 1. The number of fused-ring (bicyclic) bond motifs is 2. The lowest BCUT2D eigenvalue weighted by atomic mass is 10.0. The maximum Gasteiger partial charge on any atom is 0.238 e. The molecule has 30 heavy (non-hydrogen) atoms. The molecule has 0 spiro atoms. The van der Waals surface area contributed by atoms with E-state index in [1.807, 2.05) is 47.4 Å². The minimum atomic E-state index is -3.28. The number of anilines is 1. The highest BCUT2D eigenvalue weighted by atomic mass is 32.2. The average Bonchev–Trinajstić information content (AvgIpc) is 2.79. The second-order valence-corrected chi connectivity index (χ2v) is 9.53. The van der Waals surface area contributed by atoms with Crippen LogP contribution in [0.3, 0.4) is 0 Å². The van der Waals surface area contributed by atoms with E-state index < -0.39 is 10.0 Å². The Hall–Kier alpha value is -2.62. The van der Waals surface area contributed by atoms with Crippen molar-refractivity contribution in [1.29, 1.82) is 0 Å². The Morgan fingerprint density at radius 2 is 1.93 bits per heavy atom. The van der Waals surface area contributed by atoms with Crippen molar-refractivity contribution < 1.29 is 22.7 Å². The summed E-state index contributed by atoms with van der Waals surface area (Å²) in [5.74, 6) is 1.17. The van der Waals surface area contributed by atoms with E-state index in [0.29, 0.717) is 37.7 Å². The quantitative estimate of drug-likeness (QED) is 0.795. The second kappa shape index (κ2) is 8.25. The zero-order valence-electron chi connectivity index (χ0n) is 17.0. The molecule has 2 aliphatic rings. The fourth-order valence-electron chi connectivity index (χ4n) is 3.83. The molecular formula is C21H25N3O5S. The molecule has 9 heteroatoms. The van der Waals surface area contributed by atoms with Gasteiger partial charge in [-0.1, -0.05) is 18.2 Å². The summed E-state index contributed by atoms with van der Waals surface area (Å²) in [5.41, 5.74) is 2.49. The van der Waals surface area contributed by atoms with Crippen molar-refractivity contribution in [3.05, 3.63) is 42.5 Å². The van der Waals surface area contributed by atoms with E-state index in [1.54, 1.807) is 7.11 Å². The number of nitrogens with zero attached hydrogens (tertiary/aromatic N) is 2. The average molecular weight is 432 g/mol. The lowest BCUT2D eigenvalue weighted by Gasteiger charge is -2.39. The first-order valence-electron chi connectivity index (χ1n) is 9.74. The molecule has 1 N–H and O–H groups in total. The summed E-state index contributed by atoms with van der Waals surface area (Å²) < 4.78 is 36.6. The molecule has 1 amide bonds.